The number of pyridine rings is 1. The molecule has 0 aliphatic rings. The third-order valence-corrected chi connectivity index (χ3v) is 3.95. The van der Waals surface area contributed by atoms with Crippen molar-refractivity contribution in [3.05, 3.63) is 80.6 Å². The van der Waals surface area contributed by atoms with E-state index in [1.807, 2.05) is 0 Å². The van der Waals surface area contributed by atoms with Crippen molar-refractivity contribution in [2.45, 2.75) is 13.0 Å². The molecule has 0 fully saturated rings. The van der Waals surface area contributed by atoms with Crippen molar-refractivity contribution in [1.82, 2.24) is 4.98 Å². The Bertz CT molecular complexity index is 1140. The van der Waals surface area contributed by atoms with Crippen LogP contribution in [-0.4, -0.2) is 27.9 Å². The molecule has 9 heteroatoms. The molecule has 3 rings (SSSR count). The number of benzene rings is 2. The van der Waals surface area contributed by atoms with Gasteiger partial charge in [-0.15, -0.1) is 0 Å². The van der Waals surface area contributed by atoms with E-state index < -0.39 is 28.5 Å². The number of hydrogen-bond donors (Lipinski definition) is 2. The van der Waals surface area contributed by atoms with E-state index in [1.165, 1.54) is 31.2 Å². The maximum atomic E-state index is 12.5. The lowest BCUT2D eigenvalue weighted by Gasteiger charge is -2.14. The number of carbonyl (C=O) groups excluding carboxylic acids is 2. The fraction of sp³-hybridized carbons (Fsp3) is 0.105. The molecule has 1 unspecified atom stereocenters. The van der Waals surface area contributed by atoms with Gasteiger partial charge in [0.1, 0.15) is 0 Å². The predicted octanol–water partition coefficient (Wildman–Crippen LogP) is 2.62. The summed E-state index contributed by atoms with van der Waals surface area (Å²) >= 11 is 0. The second kappa shape index (κ2) is 7.70. The number of nitro groups is 1. The number of aromatic amines is 1. The number of para-hydroxylation sites is 1. The van der Waals surface area contributed by atoms with E-state index in [9.17, 15) is 24.5 Å². The Morgan fingerprint density at radius 2 is 1.89 bits per heavy atom. The van der Waals surface area contributed by atoms with Gasteiger partial charge in [0.05, 0.1) is 10.5 Å². The monoisotopic (exact) mass is 381 g/mol. The van der Waals surface area contributed by atoms with Gasteiger partial charge in [-0.2, -0.15) is 0 Å². The molecule has 3 aromatic rings. The van der Waals surface area contributed by atoms with E-state index in [2.05, 4.69) is 10.3 Å². The number of carbonyl (C=O) groups is 2. The maximum absolute atomic E-state index is 12.5. The lowest BCUT2D eigenvalue weighted by molar-refractivity contribution is -0.384. The van der Waals surface area contributed by atoms with Crippen LogP contribution in [0.5, 0.6) is 0 Å². The van der Waals surface area contributed by atoms with Crippen LogP contribution in [0.4, 0.5) is 11.4 Å². The molecule has 1 atom stereocenters. The first-order chi connectivity index (χ1) is 13.3. The maximum Gasteiger partial charge on any atom is 0.339 e. The first-order valence-corrected chi connectivity index (χ1v) is 8.23. The number of rotatable bonds is 5. The summed E-state index contributed by atoms with van der Waals surface area (Å²) in [6.45, 7) is 1.36. The Kier molecular flexibility index (Phi) is 5.16. The van der Waals surface area contributed by atoms with Gasteiger partial charge in [0.2, 0.25) is 5.56 Å². The summed E-state index contributed by atoms with van der Waals surface area (Å²) in [5.74, 6) is -1.49. The fourth-order valence-corrected chi connectivity index (χ4v) is 2.59. The zero-order chi connectivity index (χ0) is 20.3. The minimum atomic E-state index is -1.19. The number of ether oxygens (including phenoxy) is 1. The number of non-ortho nitro benzene ring substituents is 1. The highest BCUT2D eigenvalue weighted by atomic mass is 16.6. The second-order valence-electron chi connectivity index (χ2n) is 5.94. The quantitative estimate of drug-likeness (QED) is 0.397. The van der Waals surface area contributed by atoms with Crippen molar-refractivity contribution in [3.8, 4) is 0 Å². The van der Waals surface area contributed by atoms with Crippen molar-refractivity contribution in [3.63, 3.8) is 0 Å². The van der Waals surface area contributed by atoms with E-state index in [0.717, 1.165) is 6.07 Å². The Labute approximate surface area is 158 Å². The molecule has 0 spiro atoms. The molecule has 142 valence electrons. The molecule has 1 amide bonds. The van der Waals surface area contributed by atoms with Gasteiger partial charge in [-0.05, 0) is 19.1 Å². The zero-order valence-corrected chi connectivity index (χ0v) is 14.7. The predicted molar refractivity (Wildman–Crippen MR) is 101 cm³/mol. The third-order valence-electron chi connectivity index (χ3n) is 3.95. The van der Waals surface area contributed by atoms with E-state index >= 15 is 0 Å². The van der Waals surface area contributed by atoms with Crippen molar-refractivity contribution >= 4 is 34.2 Å². The van der Waals surface area contributed by atoms with Gasteiger partial charge in [-0.3, -0.25) is 19.7 Å². The number of esters is 1. The number of nitrogens with one attached hydrogen (secondary N) is 2. The molecule has 0 radical (unpaired) electrons. The largest absolute Gasteiger partial charge is 0.449 e. The Morgan fingerprint density at radius 1 is 1.14 bits per heavy atom. The molecule has 0 bridgehead atoms. The molecule has 0 aliphatic carbocycles. The van der Waals surface area contributed by atoms with E-state index in [1.54, 1.807) is 24.3 Å². The van der Waals surface area contributed by atoms with Crippen molar-refractivity contribution in [2.75, 3.05) is 5.32 Å². The lowest BCUT2D eigenvalue weighted by atomic mass is 10.1. The zero-order valence-electron chi connectivity index (χ0n) is 14.7. The molecule has 1 heterocycles. The van der Waals surface area contributed by atoms with Crippen LogP contribution in [0, 0.1) is 10.1 Å². The number of H-pyrrole nitrogens is 1. The number of amides is 1. The van der Waals surface area contributed by atoms with Crippen LogP contribution in [0.3, 0.4) is 0 Å². The molecule has 9 nitrogen and oxygen atoms in total. The van der Waals surface area contributed by atoms with Gasteiger partial charge in [-0.25, -0.2) is 4.79 Å². The van der Waals surface area contributed by atoms with Gasteiger partial charge >= 0.3 is 5.97 Å². The fourth-order valence-electron chi connectivity index (χ4n) is 2.59. The number of nitro benzene ring substituents is 1. The number of fused-ring (bicyclic) bond motifs is 1. The normalized spacial score (nSPS) is 11.6. The van der Waals surface area contributed by atoms with Gasteiger partial charge < -0.3 is 15.0 Å². The molecule has 0 aliphatic heterocycles. The first kappa shape index (κ1) is 18.8. The number of anilines is 1. The molecule has 2 aromatic carbocycles. The molecule has 1 aromatic heterocycles. The van der Waals surface area contributed by atoms with Gasteiger partial charge in [0.15, 0.2) is 6.10 Å². The average molecular weight is 381 g/mol. The highest BCUT2D eigenvalue weighted by molar-refractivity contribution is 6.04. The van der Waals surface area contributed by atoms with Crippen LogP contribution >= 0.6 is 0 Å². The standard InChI is InChI=1S/C19H15N3O6/c1-11(18(24)20-12-5-4-6-13(9-12)22(26)27)28-19(25)15-10-17(23)21-16-8-3-2-7-14(15)16/h2-11H,1H3,(H,20,24)(H,21,23). The summed E-state index contributed by atoms with van der Waals surface area (Å²) < 4.78 is 5.17. The van der Waals surface area contributed by atoms with Crippen molar-refractivity contribution < 1.29 is 19.2 Å². The molecule has 2 N–H and O–H groups in total. The number of nitrogens with zero attached hydrogens (tertiary/aromatic N) is 1. The van der Waals surface area contributed by atoms with E-state index in [0.29, 0.717) is 10.9 Å². The van der Waals surface area contributed by atoms with Crippen LogP contribution in [0.25, 0.3) is 10.9 Å². The SMILES string of the molecule is CC(OC(=O)c1cc(=O)[nH]c2ccccc12)C(=O)Nc1cccc([N+](=O)[O-])c1. The lowest BCUT2D eigenvalue weighted by Crippen LogP contribution is -2.30. The Morgan fingerprint density at radius 3 is 2.64 bits per heavy atom. The minimum absolute atomic E-state index is 0.0364. The van der Waals surface area contributed by atoms with E-state index in [4.69, 9.17) is 4.74 Å². The molecular weight excluding hydrogens is 366 g/mol. The number of aromatic nitrogens is 1. The topological polar surface area (TPSA) is 131 Å². The van der Waals surface area contributed by atoms with Gasteiger partial charge in [0.25, 0.3) is 11.6 Å². The summed E-state index contributed by atoms with van der Waals surface area (Å²) in [6.07, 6.45) is -1.19. The highest BCUT2D eigenvalue weighted by Crippen LogP contribution is 2.19. The van der Waals surface area contributed by atoms with Crippen molar-refractivity contribution in [2.24, 2.45) is 0 Å². The molecule has 0 saturated carbocycles. The van der Waals surface area contributed by atoms with Crippen LogP contribution < -0.4 is 10.9 Å². The van der Waals surface area contributed by atoms with Crippen molar-refractivity contribution in [1.29, 1.82) is 0 Å². The summed E-state index contributed by atoms with van der Waals surface area (Å²) in [5.41, 5.74) is 0.0467. The Balaban J connectivity index is 1.76. The summed E-state index contributed by atoms with van der Waals surface area (Å²) in [6, 6.07) is 13.2. The van der Waals surface area contributed by atoms with Crippen LogP contribution in [0.2, 0.25) is 0 Å². The highest BCUT2D eigenvalue weighted by Gasteiger charge is 2.21. The van der Waals surface area contributed by atoms with Gasteiger partial charge in [-0.1, -0.05) is 24.3 Å². The number of hydrogen-bond acceptors (Lipinski definition) is 6. The third kappa shape index (κ3) is 4.04. The summed E-state index contributed by atoms with van der Waals surface area (Å²) in [4.78, 5) is 49.3. The molecule has 28 heavy (non-hydrogen) atoms. The van der Waals surface area contributed by atoms with Crippen LogP contribution in [0.1, 0.15) is 17.3 Å². The molecule has 0 saturated heterocycles. The van der Waals surface area contributed by atoms with E-state index in [-0.39, 0.29) is 16.9 Å². The van der Waals surface area contributed by atoms with Crippen LogP contribution in [0.15, 0.2) is 59.4 Å². The average Bonchev–Trinajstić information content (AvgIpc) is 2.67. The first-order valence-electron chi connectivity index (χ1n) is 8.23. The Hall–Kier alpha value is -4.01. The smallest absolute Gasteiger partial charge is 0.339 e. The molecular formula is C19H15N3O6. The van der Waals surface area contributed by atoms with Gasteiger partial charge in [0, 0.05) is 34.8 Å². The minimum Gasteiger partial charge on any atom is -0.449 e. The summed E-state index contributed by atoms with van der Waals surface area (Å²) in [5, 5.41) is 13.7. The van der Waals surface area contributed by atoms with Crippen LogP contribution in [-0.2, 0) is 9.53 Å². The summed E-state index contributed by atoms with van der Waals surface area (Å²) in [7, 11) is 0. The second-order valence-corrected chi connectivity index (χ2v) is 5.94.